The molecule has 0 spiro atoms. The Bertz CT molecular complexity index is 1290. The van der Waals surface area contributed by atoms with E-state index in [2.05, 4.69) is 4.98 Å². The number of hydrogen-bond donors (Lipinski definition) is 0. The predicted molar refractivity (Wildman–Crippen MR) is 103 cm³/mol. The van der Waals surface area contributed by atoms with E-state index in [1.54, 1.807) is 43.5 Å². The number of rotatable bonds is 6. The fourth-order valence-corrected chi connectivity index (χ4v) is 2.98. The zero-order valence-corrected chi connectivity index (χ0v) is 22.0. The Kier molecular flexibility index (Phi) is 8.38. The Balaban J connectivity index is 0.00000181. The average Bonchev–Trinajstić information content (AvgIpc) is 3.16. The number of benzene rings is 3. The number of oxazole rings is 1. The van der Waals surface area contributed by atoms with Gasteiger partial charge in [0, 0.05) is 11.6 Å². The van der Waals surface area contributed by atoms with Crippen molar-refractivity contribution in [1.82, 2.24) is 4.98 Å². The van der Waals surface area contributed by atoms with Crippen molar-refractivity contribution in [2.75, 3.05) is 7.11 Å². The summed E-state index contributed by atoms with van der Waals surface area (Å²) in [4.78, 5) is 26.8. The SMILES string of the molecule is COc1ccc2nc(-c3ccc4cc(OC(C)(C(=O)[O-])C(=O)[O-])ccc4c3)oc2c1.[Na+].[Na+]. The molecule has 0 atom stereocenters. The van der Waals surface area contributed by atoms with Gasteiger partial charge in [-0.2, -0.15) is 0 Å². The standard InChI is InChI=1S/C22H17NO7.2Na/c1-22(20(24)25,21(26)27)30-16-6-5-12-9-14(4-3-13(12)10-16)19-23-17-8-7-15(28-2)11-18(17)29-19;;/h3-11H,1-2H3,(H,24,25)(H,26,27);;/q;2*+1/p-2. The van der Waals surface area contributed by atoms with Gasteiger partial charge in [0.1, 0.15) is 17.0 Å². The van der Waals surface area contributed by atoms with Crippen molar-refractivity contribution in [2.45, 2.75) is 12.5 Å². The van der Waals surface area contributed by atoms with E-state index >= 15 is 0 Å². The summed E-state index contributed by atoms with van der Waals surface area (Å²) in [5.41, 5.74) is -0.580. The molecule has 0 amide bonds. The molecule has 0 N–H and O–H groups in total. The van der Waals surface area contributed by atoms with E-state index in [9.17, 15) is 19.8 Å². The van der Waals surface area contributed by atoms with Crippen LogP contribution in [-0.4, -0.2) is 29.6 Å². The maximum Gasteiger partial charge on any atom is 1.00 e. The zero-order chi connectivity index (χ0) is 21.5. The van der Waals surface area contributed by atoms with E-state index in [-0.39, 0.29) is 64.9 Å². The minimum Gasteiger partial charge on any atom is -0.545 e. The van der Waals surface area contributed by atoms with Crippen LogP contribution in [0.4, 0.5) is 0 Å². The first-order valence-corrected chi connectivity index (χ1v) is 8.91. The molecule has 10 heteroatoms. The van der Waals surface area contributed by atoms with Crippen LogP contribution >= 0.6 is 0 Å². The average molecular weight is 451 g/mol. The number of carboxylic acids is 2. The van der Waals surface area contributed by atoms with Crippen molar-refractivity contribution in [1.29, 1.82) is 0 Å². The molecule has 0 aliphatic rings. The largest absolute Gasteiger partial charge is 1.00 e. The van der Waals surface area contributed by atoms with Crippen LogP contribution in [0.25, 0.3) is 33.3 Å². The Morgan fingerprint density at radius 3 is 2.19 bits per heavy atom. The van der Waals surface area contributed by atoms with Gasteiger partial charge in [0.2, 0.25) is 5.89 Å². The minimum atomic E-state index is -2.60. The van der Waals surface area contributed by atoms with Crippen molar-refractivity contribution >= 4 is 33.8 Å². The number of fused-ring (bicyclic) bond motifs is 2. The van der Waals surface area contributed by atoms with Crippen LogP contribution < -0.4 is 78.8 Å². The van der Waals surface area contributed by atoms with Gasteiger partial charge in [0.25, 0.3) is 0 Å². The Morgan fingerprint density at radius 2 is 1.53 bits per heavy atom. The molecule has 3 aromatic carbocycles. The zero-order valence-electron chi connectivity index (χ0n) is 18.0. The molecule has 0 saturated heterocycles. The molecular weight excluding hydrogens is 436 g/mol. The van der Waals surface area contributed by atoms with Gasteiger partial charge in [-0.1, -0.05) is 12.1 Å². The van der Waals surface area contributed by atoms with Crippen LogP contribution in [0.3, 0.4) is 0 Å². The Morgan fingerprint density at radius 1 is 0.906 bits per heavy atom. The van der Waals surface area contributed by atoms with Crippen LogP contribution in [0.15, 0.2) is 59.0 Å². The number of nitrogens with zero attached hydrogens (tertiary/aromatic N) is 1. The van der Waals surface area contributed by atoms with Gasteiger partial charge in [-0.25, -0.2) is 4.98 Å². The van der Waals surface area contributed by atoms with E-state index < -0.39 is 17.5 Å². The van der Waals surface area contributed by atoms with Gasteiger partial charge in [0.15, 0.2) is 11.2 Å². The minimum absolute atomic E-state index is 0. The molecule has 4 aromatic rings. The molecule has 32 heavy (non-hydrogen) atoms. The number of aliphatic carboxylic acids is 2. The van der Waals surface area contributed by atoms with Crippen molar-refractivity contribution in [3.63, 3.8) is 0 Å². The van der Waals surface area contributed by atoms with Gasteiger partial charge >= 0.3 is 59.1 Å². The predicted octanol–water partition coefficient (Wildman–Crippen LogP) is -4.70. The van der Waals surface area contributed by atoms with Gasteiger partial charge in [-0.3, -0.25) is 0 Å². The van der Waals surface area contributed by atoms with Gasteiger partial charge in [0.05, 0.1) is 19.0 Å². The summed E-state index contributed by atoms with van der Waals surface area (Å²) in [6, 6.07) is 15.4. The first-order valence-electron chi connectivity index (χ1n) is 8.91. The summed E-state index contributed by atoms with van der Waals surface area (Å²) < 4.78 is 16.2. The van der Waals surface area contributed by atoms with Crippen molar-refractivity contribution < 1.29 is 92.8 Å². The molecule has 4 rings (SSSR count). The fourth-order valence-electron chi connectivity index (χ4n) is 2.98. The molecule has 152 valence electrons. The maximum atomic E-state index is 11.2. The second kappa shape index (κ2) is 10.2. The van der Waals surface area contributed by atoms with Crippen LogP contribution in [0.2, 0.25) is 0 Å². The molecule has 0 aliphatic carbocycles. The number of methoxy groups -OCH3 is 1. The number of aromatic nitrogens is 1. The van der Waals surface area contributed by atoms with Gasteiger partial charge in [-0.05, 0) is 54.1 Å². The van der Waals surface area contributed by atoms with Crippen molar-refractivity contribution in [3.05, 3.63) is 54.6 Å². The van der Waals surface area contributed by atoms with E-state index in [1.165, 1.54) is 12.1 Å². The number of ether oxygens (including phenoxy) is 2. The summed E-state index contributed by atoms with van der Waals surface area (Å²) in [6.07, 6.45) is 0. The molecule has 0 bridgehead atoms. The monoisotopic (exact) mass is 451 g/mol. The first kappa shape index (κ1) is 26.2. The molecule has 8 nitrogen and oxygen atoms in total. The van der Waals surface area contributed by atoms with Crippen LogP contribution in [0.1, 0.15) is 6.92 Å². The molecule has 0 aliphatic heterocycles. The summed E-state index contributed by atoms with van der Waals surface area (Å²) in [5, 5.41) is 23.8. The summed E-state index contributed by atoms with van der Waals surface area (Å²) in [7, 11) is 1.57. The van der Waals surface area contributed by atoms with Crippen LogP contribution in [0.5, 0.6) is 11.5 Å². The molecule has 0 radical (unpaired) electrons. The third-order valence-corrected chi connectivity index (χ3v) is 4.76. The molecule has 0 unspecified atom stereocenters. The summed E-state index contributed by atoms with van der Waals surface area (Å²) in [5.74, 6) is -2.64. The quantitative estimate of drug-likeness (QED) is 0.212. The first-order chi connectivity index (χ1) is 14.3. The number of carbonyl (C=O) groups is 2. The molecule has 0 saturated carbocycles. The van der Waals surface area contributed by atoms with E-state index in [0.29, 0.717) is 28.1 Å². The van der Waals surface area contributed by atoms with Crippen LogP contribution in [-0.2, 0) is 9.59 Å². The number of carbonyl (C=O) groups excluding carboxylic acids is 2. The Hall–Kier alpha value is -2.07. The van der Waals surface area contributed by atoms with Gasteiger partial charge < -0.3 is 33.7 Å². The third-order valence-electron chi connectivity index (χ3n) is 4.76. The second-order valence-electron chi connectivity index (χ2n) is 6.79. The van der Waals surface area contributed by atoms with Gasteiger partial charge in [-0.15, -0.1) is 0 Å². The maximum absolute atomic E-state index is 11.2. The second-order valence-corrected chi connectivity index (χ2v) is 6.79. The van der Waals surface area contributed by atoms with Crippen molar-refractivity contribution in [2.24, 2.45) is 0 Å². The van der Waals surface area contributed by atoms with Crippen LogP contribution in [0, 0.1) is 0 Å². The van der Waals surface area contributed by atoms with E-state index in [4.69, 9.17) is 13.9 Å². The van der Waals surface area contributed by atoms with Crippen molar-refractivity contribution in [3.8, 4) is 23.0 Å². The normalized spacial score (nSPS) is 10.8. The van der Waals surface area contributed by atoms with E-state index in [1.807, 2.05) is 6.07 Å². The smallest absolute Gasteiger partial charge is 0.545 e. The third kappa shape index (κ3) is 4.96. The fraction of sp³-hybridized carbons (Fsp3) is 0.136. The van der Waals surface area contributed by atoms with E-state index in [0.717, 1.165) is 17.9 Å². The summed E-state index contributed by atoms with van der Waals surface area (Å²) >= 11 is 0. The number of carboxylic acid groups (broad SMARTS) is 2. The molecular formula is C22H15NNa2O7. The summed E-state index contributed by atoms with van der Waals surface area (Å²) in [6.45, 7) is 0.868. The topological polar surface area (TPSA) is 125 Å². The molecule has 0 fully saturated rings. The molecule has 1 heterocycles. The molecule has 1 aromatic heterocycles. The number of hydrogen-bond acceptors (Lipinski definition) is 8. The Labute approximate surface area is 227 Å².